The first kappa shape index (κ1) is 13.8. The van der Waals surface area contributed by atoms with Crippen LogP contribution < -0.4 is 4.74 Å². The third kappa shape index (κ3) is 2.68. The van der Waals surface area contributed by atoms with Crippen LogP contribution in [0.4, 0.5) is 0 Å². The highest BCUT2D eigenvalue weighted by Crippen LogP contribution is 2.34. The molecule has 21 heavy (non-hydrogen) atoms. The van der Waals surface area contributed by atoms with Crippen LogP contribution in [0.15, 0.2) is 36.5 Å². The summed E-state index contributed by atoms with van der Waals surface area (Å²) in [5, 5.41) is 1.20. The van der Waals surface area contributed by atoms with Gasteiger partial charge in [0, 0.05) is 11.6 Å². The van der Waals surface area contributed by atoms with Crippen LogP contribution in [-0.2, 0) is 4.74 Å². The molecule has 7 heteroatoms. The normalized spacial score (nSPS) is 10.6. The van der Waals surface area contributed by atoms with Crippen molar-refractivity contribution in [2.75, 3.05) is 7.11 Å². The van der Waals surface area contributed by atoms with Gasteiger partial charge in [0.15, 0.2) is 10.0 Å². The highest BCUT2D eigenvalue weighted by Gasteiger charge is 2.19. The lowest BCUT2D eigenvalue weighted by Gasteiger charge is -2.04. The first-order valence-electron chi connectivity index (χ1n) is 5.95. The smallest absolute Gasteiger partial charge is 0.351 e. The van der Waals surface area contributed by atoms with Crippen LogP contribution in [0, 0.1) is 0 Å². The van der Waals surface area contributed by atoms with Gasteiger partial charge >= 0.3 is 5.97 Å². The molecule has 0 saturated carbocycles. The molecule has 106 valence electrons. The van der Waals surface area contributed by atoms with Crippen LogP contribution in [-0.4, -0.2) is 23.0 Å². The van der Waals surface area contributed by atoms with Crippen molar-refractivity contribution in [2.24, 2.45) is 0 Å². The number of methoxy groups -OCH3 is 1. The lowest BCUT2D eigenvalue weighted by atomic mass is 10.2. The van der Waals surface area contributed by atoms with Crippen molar-refractivity contribution in [3.05, 3.63) is 46.6 Å². The number of pyridine rings is 1. The maximum absolute atomic E-state index is 11.5. The summed E-state index contributed by atoms with van der Waals surface area (Å²) >= 11 is 6.94. The molecule has 0 fully saturated rings. The first-order chi connectivity index (χ1) is 10.2. The molecule has 0 radical (unpaired) electrons. The number of hydrogen-bond acceptors (Lipinski definition) is 6. The van der Waals surface area contributed by atoms with E-state index in [0.29, 0.717) is 5.75 Å². The summed E-state index contributed by atoms with van der Waals surface area (Å²) < 4.78 is 10.4. The van der Waals surface area contributed by atoms with Gasteiger partial charge in [-0.1, -0.05) is 29.0 Å². The second-order valence-corrected chi connectivity index (χ2v) is 5.34. The predicted octanol–water partition coefficient (Wildman–Crippen LogP) is 3.92. The highest BCUT2D eigenvalue weighted by molar-refractivity contribution is 7.15. The van der Waals surface area contributed by atoms with E-state index in [9.17, 15) is 4.79 Å². The van der Waals surface area contributed by atoms with Crippen LogP contribution in [0.5, 0.6) is 10.9 Å². The summed E-state index contributed by atoms with van der Waals surface area (Å²) in [6, 6.07) is 9.24. The fourth-order valence-electron chi connectivity index (χ4n) is 1.80. The van der Waals surface area contributed by atoms with Crippen LogP contribution >= 0.6 is 22.9 Å². The zero-order valence-electron chi connectivity index (χ0n) is 10.9. The molecule has 0 N–H and O–H groups in total. The Morgan fingerprint density at radius 2 is 2.14 bits per heavy atom. The van der Waals surface area contributed by atoms with Gasteiger partial charge in [-0.2, -0.15) is 4.98 Å². The molecular formula is C14H9ClN2O3S. The molecule has 0 aliphatic heterocycles. The summed E-state index contributed by atoms with van der Waals surface area (Å²) in [4.78, 5) is 20.0. The molecule has 1 aromatic carbocycles. The molecule has 0 unspecified atom stereocenters. The molecular weight excluding hydrogens is 312 g/mol. The molecule has 0 aliphatic carbocycles. The summed E-state index contributed by atoms with van der Waals surface area (Å²) in [6.07, 6.45) is 1.71. The summed E-state index contributed by atoms with van der Waals surface area (Å²) in [5.74, 6) is 0.0642. The number of benzene rings is 1. The quantitative estimate of drug-likeness (QED) is 0.684. The molecule has 0 saturated heterocycles. The Kier molecular flexibility index (Phi) is 3.72. The molecule has 0 aliphatic rings. The molecule has 3 rings (SSSR count). The number of carbonyl (C=O) groups is 1. The number of nitrogens with zero attached hydrogens (tertiary/aromatic N) is 2. The Hall–Kier alpha value is -2.18. The first-order valence-corrected chi connectivity index (χ1v) is 7.14. The van der Waals surface area contributed by atoms with Gasteiger partial charge in [-0.15, -0.1) is 0 Å². The Bertz CT molecular complexity index is 814. The predicted molar refractivity (Wildman–Crippen MR) is 80.3 cm³/mol. The number of esters is 1. The van der Waals surface area contributed by atoms with Crippen molar-refractivity contribution >= 4 is 39.8 Å². The Labute approximate surface area is 129 Å². The molecule has 2 aromatic heterocycles. The zero-order chi connectivity index (χ0) is 14.8. The van der Waals surface area contributed by atoms with Crippen LogP contribution in [0.3, 0.4) is 0 Å². The van der Waals surface area contributed by atoms with Gasteiger partial charge < -0.3 is 9.47 Å². The third-order valence-corrected chi connectivity index (χ3v) is 4.04. The van der Waals surface area contributed by atoms with Gasteiger partial charge in [0.05, 0.1) is 12.6 Å². The largest absolute Gasteiger partial charge is 0.465 e. The van der Waals surface area contributed by atoms with Crippen LogP contribution in [0.1, 0.15) is 9.67 Å². The number of aromatic nitrogens is 2. The van der Waals surface area contributed by atoms with Crippen molar-refractivity contribution < 1.29 is 14.3 Å². The molecule has 2 heterocycles. The second-order valence-electron chi connectivity index (χ2n) is 4.02. The Morgan fingerprint density at radius 3 is 2.95 bits per heavy atom. The fourth-order valence-corrected chi connectivity index (χ4v) is 2.86. The van der Waals surface area contributed by atoms with Gasteiger partial charge in [-0.3, -0.25) is 4.98 Å². The Morgan fingerprint density at radius 1 is 1.29 bits per heavy atom. The van der Waals surface area contributed by atoms with Crippen molar-refractivity contribution in [1.82, 2.24) is 9.97 Å². The lowest BCUT2D eigenvalue weighted by Crippen LogP contribution is -1.98. The van der Waals surface area contributed by atoms with E-state index in [4.69, 9.17) is 16.3 Å². The van der Waals surface area contributed by atoms with Gasteiger partial charge in [0.25, 0.3) is 5.19 Å². The van der Waals surface area contributed by atoms with E-state index in [2.05, 4.69) is 14.7 Å². The number of fused-ring (bicyclic) bond motifs is 1. The zero-order valence-corrected chi connectivity index (χ0v) is 12.4. The van der Waals surface area contributed by atoms with E-state index >= 15 is 0 Å². The maximum Gasteiger partial charge on any atom is 0.351 e. The maximum atomic E-state index is 11.5. The summed E-state index contributed by atoms with van der Waals surface area (Å²) in [6.45, 7) is 0. The lowest BCUT2D eigenvalue weighted by molar-refractivity contribution is 0.0606. The molecule has 5 nitrogen and oxygen atoms in total. The van der Waals surface area contributed by atoms with Gasteiger partial charge in [0.1, 0.15) is 5.75 Å². The highest BCUT2D eigenvalue weighted by atomic mass is 35.5. The van der Waals surface area contributed by atoms with E-state index in [1.807, 2.05) is 24.3 Å². The minimum atomic E-state index is -0.535. The molecule has 0 amide bonds. The minimum Gasteiger partial charge on any atom is -0.465 e. The van der Waals surface area contributed by atoms with Crippen molar-refractivity contribution in [3.8, 4) is 10.9 Å². The average Bonchev–Trinajstić information content (AvgIpc) is 2.87. The average molecular weight is 321 g/mol. The number of hydrogen-bond donors (Lipinski definition) is 0. The molecule has 0 bridgehead atoms. The van der Waals surface area contributed by atoms with Crippen molar-refractivity contribution in [3.63, 3.8) is 0 Å². The van der Waals surface area contributed by atoms with E-state index in [1.165, 1.54) is 7.11 Å². The molecule has 0 atom stereocenters. The van der Waals surface area contributed by atoms with Crippen molar-refractivity contribution in [2.45, 2.75) is 0 Å². The number of rotatable bonds is 3. The topological polar surface area (TPSA) is 61.3 Å². The second kappa shape index (κ2) is 5.67. The van der Waals surface area contributed by atoms with Gasteiger partial charge in [-0.05, 0) is 24.3 Å². The van der Waals surface area contributed by atoms with Crippen LogP contribution in [0.25, 0.3) is 10.9 Å². The van der Waals surface area contributed by atoms with Gasteiger partial charge in [0.2, 0.25) is 0 Å². The number of ether oxygens (including phenoxy) is 2. The minimum absolute atomic E-state index is 0.0696. The number of halogens is 1. The fraction of sp³-hybridized carbons (Fsp3) is 0.0714. The standard InChI is InChI=1S/C14H9ClN2O3S/c1-19-13(18)11-12(15)17-14(21-11)20-10-6-2-5-9-8(10)4-3-7-16-9/h2-7H,1H3. The summed E-state index contributed by atoms with van der Waals surface area (Å²) in [7, 11) is 1.29. The molecule has 0 spiro atoms. The van der Waals surface area contributed by atoms with Crippen molar-refractivity contribution in [1.29, 1.82) is 0 Å². The van der Waals surface area contributed by atoms with E-state index in [-0.39, 0.29) is 15.2 Å². The Balaban J connectivity index is 1.98. The van der Waals surface area contributed by atoms with Crippen LogP contribution in [0.2, 0.25) is 5.15 Å². The summed E-state index contributed by atoms with van der Waals surface area (Å²) in [5.41, 5.74) is 0.811. The monoisotopic (exact) mass is 320 g/mol. The number of thiazole rings is 1. The van der Waals surface area contributed by atoms with E-state index in [1.54, 1.807) is 12.3 Å². The number of carbonyl (C=O) groups excluding carboxylic acids is 1. The van der Waals surface area contributed by atoms with E-state index in [0.717, 1.165) is 22.2 Å². The SMILES string of the molecule is COC(=O)c1sc(Oc2cccc3ncccc23)nc1Cl. The van der Waals surface area contributed by atoms with Gasteiger partial charge in [-0.25, -0.2) is 4.79 Å². The van der Waals surface area contributed by atoms with E-state index < -0.39 is 5.97 Å². The molecule has 3 aromatic rings. The third-order valence-electron chi connectivity index (χ3n) is 2.74.